The lowest BCUT2D eigenvalue weighted by molar-refractivity contribution is -0.195. The van der Waals surface area contributed by atoms with Crippen LogP contribution in [-0.2, 0) is 21.4 Å². The number of rotatable bonds is 2. The standard InChI is InChI=1S/C20H26O4/c1-12(2)13-5-6-15-14(11-13)7-10-20(24)18(3,17(22)23)9-8-16(21)19(15,20)4/h5-6,11-12,24H,7-10H2,1-4H3,(H,22,23). The summed E-state index contributed by atoms with van der Waals surface area (Å²) in [5.41, 5.74) is -0.972. The average Bonchev–Trinajstić information content (AvgIpc) is 2.53. The zero-order chi connectivity index (χ0) is 17.9. The van der Waals surface area contributed by atoms with E-state index < -0.39 is 22.4 Å². The van der Waals surface area contributed by atoms with Crippen LogP contribution in [0.15, 0.2) is 18.2 Å². The van der Waals surface area contributed by atoms with Crippen molar-refractivity contribution in [2.24, 2.45) is 5.41 Å². The van der Waals surface area contributed by atoms with Crippen molar-refractivity contribution < 1.29 is 19.8 Å². The van der Waals surface area contributed by atoms with Crippen LogP contribution in [0.5, 0.6) is 0 Å². The summed E-state index contributed by atoms with van der Waals surface area (Å²) in [6.07, 6.45) is 1.27. The van der Waals surface area contributed by atoms with Crippen LogP contribution in [0.2, 0.25) is 0 Å². The van der Waals surface area contributed by atoms with Gasteiger partial charge in [0.15, 0.2) is 0 Å². The van der Waals surface area contributed by atoms with E-state index in [4.69, 9.17) is 0 Å². The maximum atomic E-state index is 12.9. The highest BCUT2D eigenvalue weighted by Gasteiger charge is 2.68. The molecule has 4 nitrogen and oxygen atoms in total. The lowest BCUT2D eigenvalue weighted by Gasteiger charge is -2.58. The van der Waals surface area contributed by atoms with Gasteiger partial charge in [-0.15, -0.1) is 0 Å². The van der Waals surface area contributed by atoms with Gasteiger partial charge in [-0.2, -0.15) is 0 Å². The Kier molecular flexibility index (Phi) is 3.69. The van der Waals surface area contributed by atoms with Gasteiger partial charge >= 0.3 is 5.97 Å². The summed E-state index contributed by atoms with van der Waals surface area (Å²) < 4.78 is 0. The Labute approximate surface area is 142 Å². The molecule has 0 spiro atoms. The van der Waals surface area contributed by atoms with Crippen molar-refractivity contribution in [1.82, 2.24) is 0 Å². The Bertz CT molecular complexity index is 722. The molecule has 2 aliphatic carbocycles. The van der Waals surface area contributed by atoms with Gasteiger partial charge in [0.25, 0.3) is 0 Å². The van der Waals surface area contributed by atoms with E-state index in [0.29, 0.717) is 18.8 Å². The second-order valence-corrected chi connectivity index (χ2v) is 8.12. The molecule has 1 aromatic carbocycles. The predicted molar refractivity (Wildman–Crippen MR) is 91.1 cm³/mol. The first-order valence-corrected chi connectivity index (χ1v) is 8.70. The molecule has 1 saturated carbocycles. The lowest BCUT2D eigenvalue weighted by atomic mass is 9.46. The third-order valence-electron chi connectivity index (χ3n) is 6.71. The predicted octanol–water partition coefficient (Wildman–Crippen LogP) is 3.20. The Morgan fingerprint density at radius 1 is 1.17 bits per heavy atom. The molecule has 0 aliphatic heterocycles. The number of Topliss-reactive ketones (excluding diaryl/α,β-unsaturated/α-hetero) is 1. The van der Waals surface area contributed by atoms with Gasteiger partial charge in [0, 0.05) is 6.42 Å². The van der Waals surface area contributed by atoms with Gasteiger partial charge in [0.2, 0.25) is 0 Å². The fraction of sp³-hybridized carbons (Fsp3) is 0.600. The van der Waals surface area contributed by atoms with E-state index in [0.717, 1.165) is 11.1 Å². The number of aliphatic carboxylic acids is 1. The van der Waals surface area contributed by atoms with Gasteiger partial charge in [-0.25, -0.2) is 0 Å². The molecule has 130 valence electrons. The van der Waals surface area contributed by atoms with E-state index >= 15 is 0 Å². The zero-order valence-electron chi connectivity index (χ0n) is 14.8. The van der Waals surface area contributed by atoms with E-state index in [9.17, 15) is 19.8 Å². The molecular weight excluding hydrogens is 304 g/mol. The van der Waals surface area contributed by atoms with Crippen LogP contribution < -0.4 is 0 Å². The zero-order valence-corrected chi connectivity index (χ0v) is 14.8. The van der Waals surface area contributed by atoms with Crippen molar-refractivity contribution in [2.45, 2.75) is 70.3 Å². The van der Waals surface area contributed by atoms with Crippen molar-refractivity contribution in [3.05, 3.63) is 34.9 Å². The second kappa shape index (κ2) is 5.16. The molecule has 2 aliphatic rings. The molecule has 3 rings (SSSR count). The van der Waals surface area contributed by atoms with Crippen molar-refractivity contribution >= 4 is 11.8 Å². The summed E-state index contributed by atoms with van der Waals surface area (Å²) in [7, 11) is 0. The molecule has 2 N–H and O–H groups in total. The van der Waals surface area contributed by atoms with E-state index in [1.165, 1.54) is 5.56 Å². The number of ketones is 1. The Morgan fingerprint density at radius 3 is 2.42 bits per heavy atom. The molecule has 1 aromatic rings. The van der Waals surface area contributed by atoms with Crippen LogP contribution in [0, 0.1) is 5.41 Å². The van der Waals surface area contributed by atoms with Crippen molar-refractivity contribution in [1.29, 1.82) is 0 Å². The molecule has 3 atom stereocenters. The van der Waals surface area contributed by atoms with Crippen LogP contribution in [0.1, 0.15) is 69.6 Å². The first kappa shape index (κ1) is 17.2. The van der Waals surface area contributed by atoms with Gasteiger partial charge in [-0.05, 0) is 55.7 Å². The molecule has 24 heavy (non-hydrogen) atoms. The molecule has 0 heterocycles. The lowest BCUT2D eigenvalue weighted by Crippen LogP contribution is -2.70. The minimum absolute atomic E-state index is 0.0537. The Balaban J connectivity index is 2.23. The molecule has 0 radical (unpaired) electrons. The number of aryl methyl sites for hydroxylation is 1. The van der Waals surface area contributed by atoms with Crippen LogP contribution in [0.4, 0.5) is 0 Å². The number of carboxylic acid groups (broad SMARTS) is 1. The third-order valence-corrected chi connectivity index (χ3v) is 6.71. The van der Waals surface area contributed by atoms with Gasteiger partial charge in [0.05, 0.1) is 16.4 Å². The first-order chi connectivity index (χ1) is 11.1. The van der Waals surface area contributed by atoms with E-state index in [1.54, 1.807) is 13.8 Å². The number of carboxylic acids is 1. The van der Waals surface area contributed by atoms with E-state index in [1.807, 2.05) is 12.1 Å². The minimum atomic E-state index is -1.56. The number of hydrogen-bond acceptors (Lipinski definition) is 3. The number of carbonyl (C=O) groups excluding carboxylic acids is 1. The molecule has 0 saturated heterocycles. The molecule has 3 unspecified atom stereocenters. The topological polar surface area (TPSA) is 74.6 Å². The summed E-state index contributed by atoms with van der Waals surface area (Å²) in [5.74, 6) is -0.691. The van der Waals surface area contributed by atoms with Crippen molar-refractivity contribution in [3.63, 3.8) is 0 Å². The number of carbonyl (C=O) groups is 2. The highest BCUT2D eigenvalue weighted by atomic mass is 16.4. The van der Waals surface area contributed by atoms with Crippen molar-refractivity contribution in [3.8, 4) is 0 Å². The SMILES string of the molecule is CC(C)c1ccc2c(c1)CCC1(O)C(C)(C(=O)O)CCC(=O)C21C. The number of aliphatic hydroxyl groups is 1. The minimum Gasteiger partial charge on any atom is -0.481 e. The molecular formula is C20H26O4. The van der Waals surface area contributed by atoms with Crippen molar-refractivity contribution in [2.75, 3.05) is 0 Å². The molecule has 0 amide bonds. The smallest absolute Gasteiger partial charge is 0.312 e. The number of benzene rings is 1. The van der Waals surface area contributed by atoms with Gasteiger partial charge in [-0.3, -0.25) is 9.59 Å². The third kappa shape index (κ3) is 1.89. The van der Waals surface area contributed by atoms with Gasteiger partial charge < -0.3 is 10.2 Å². The van der Waals surface area contributed by atoms with Crippen LogP contribution in [0.3, 0.4) is 0 Å². The monoisotopic (exact) mass is 330 g/mol. The summed E-state index contributed by atoms with van der Waals surface area (Å²) >= 11 is 0. The maximum absolute atomic E-state index is 12.9. The highest BCUT2D eigenvalue weighted by molar-refractivity contribution is 5.96. The number of hydrogen-bond donors (Lipinski definition) is 2. The van der Waals surface area contributed by atoms with E-state index in [2.05, 4.69) is 19.9 Å². The fourth-order valence-corrected chi connectivity index (χ4v) is 4.77. The van der Waals surface area contributed by atoms with Crippen LogP contribution >= 0.6 is 0 Å². The maximum Gasteiger partial charge on any atom is 0.312 e. The highest BCUT2D eigenvalue weighted by Crippen LogP contribution is 2.58. The molecule has 0 bridgehead atoms. The normalized spacial score (nSPS) is 35.5. The quantitative estimate of drug-likeness (QED) is 0.873. The van der Waals surface area contributed by atoms with Gasteiger partial charge in [0.1, 0.15) is 5.78 Å². The first-order valence-electron chi connectivity index (χ1n) is 8.70. The van der Waals surface area contributed by atoms with E-state index in [-0.39, 0.29) is 18.6 Å². The summed E-state index contributed by atoms with van der Waals surface area (Å²) in [4.78, 5) is 24.9. The average molecular weight is 330 g/mol. The molecule has 1 fully saturated rings. The Morgan fingerprint density at radius 2 is 1.83 bits per heavy atom. The number of fused-ring (bicyclic) bond motifs is 3. The summed E-state index contributed by atoms with van der Waals surface area (Å²) in [6.45, 7) is 7.57. The summed E-state index contributed by atoms with van der Waals surface area (Å²) in [5, 5.41) is 21.3. The molecule has 4 heteroatoms. The Hall–Kier alpha value is -1.68. The van der Waals surface area contributed by atoms with Crippen LogP contribution in [0.25, 0.3) is 0 Å². The largest absolute Gasteiger partial charge is 0.481 e. The van der Waals surface area contributed by atoms with Crippen LogP contribution in [-0.4, -0.2) is 27.6 Å². The van der Waals surface area contributed by atoms with Gasteiger partial charge in [-0.1, -0.05) is 32.0 Å². The fourth-order valence-electron chi connectivity index (χ4n) is 4.77. The summed E-state index contributed by atoms with van der Waals surface area (Å²) in [6, 6.07) is 6.05. The molecule has 0 aromatic heterocycles. The second-order valence-electron chi connectivity index (χ2n) is 8.12.